The fraction of sp³-hybridized carbons (Fsp3) is 1.00. The van der Waals surface area contributed by atoms with Gasteiger partial charge in [-0.3, -0.25) is 0 Å². The van der Waals surface area contributed by atoms with Crippen molar-refractivity contribution in [3.63, 3.8) is 0 Å². The molecule has 0 bridgehead atoms. The minimum atomic E-state index is 0.0176. The van der Waals surface area contributed by atoms with Crippen LogP contribution < -0.4 is 5.32 Å². The van der Waals surface area contributed by atoms with E-state index >= 15 is 0 Å². The first-order valence-electron chi connectivity index (χ1n) is 5.74. The van der Waals surface area contributed by atoms with Gasteiger partial charge in [-0.1, -0.05) is 0 Å². The molecule has 13 heavy (non-hydrogen) atoms. The molecular formula is C11H19NO. The second-order valence-corrected chi connectivity index (χ2v) is 5.24. The number of hydrogen-bond donors (Lipinski definition) is 2. The summed E-state index contributed by atoms with van der Waals surface area (Å²) in [7, 11) is 0. The minimum Gasteiger partial charge on any atom is -0.393 e. The van der Waals surface area contributed by atoms with Crippen molar-refractivity contribution in [3.8, 4) is 0 Å². The van der Waals surface area contributed by atoms with E-state index in [0.29, 0.717) is 0 Å². The molecule has 3 aliphatic carbocycles. The van der Waals surface area contributed by atoms with Gasteiger partial charge in [0.25, 0.3) is 0 Å². The lowest BCUT2D eigenvalue weighted by atomic mass is 9.82. The Morgan fingerprint density at radius 1 is 1.15 bits per heavy atom. The van der Waals surface area contributed by atoms with Crippen molar-refractivity contribution < 1.29 is 5.11 Å². The summed E-state index contributed by atoms with van der Waals surface area (Å²) in [5.74, 6) is 2.89. The average molecular weight is 181 g/mol. The van der Waals surface area contributed by atoms with Crippen LogP contribution in [-0.2, 0) is 0 Å². The lowest BCUT2D eigenvalue weighted by Crippen LogP contribution is -2.40. The van der Waals surface area contributed by atoms with Gasteiger partial charge in [0.05, 0.1) is 6.10 Å². The first-order chi connectivity index (χ1) is 6.33. The maximum Gasteiger partial charge on any atom is 0.0546 e. The second-order valence-electron chi connectivity index (χ2n) is 5.24. The maximum atomic E-state index is 9.14. The van der Waals surface area contributed by atoms with Crippen LogP contribution in [0.4, 0.5) is 0 Å². The third-order valence-electron chi connectivity index (χ3n) is 4.22. The van der Waals surface area contributed by atoms with Gasteiger partial charge in [-0.05, 0) is 56.4 Å². The Morgan fingerprint density at radius 2 is 2.00 bits per heavy atom. The lowest BCUT2D eigenvalue weighted by Gasteiger charge is -2.32. The summed E-state index contributed by atoms with van der Waals surface area (Å²) in [6, 6.07) is 0.836. The molecule has 74 valence electrons. The van der Waals surface area contributed by atoms with E-state index in [2.05, 4.69) is 5.32 Å². The molecule has 0 aromatic heterocycles. The highest BCUT2D eigenvalue weighted by Gasteiger charge is 2.47. The first kappa shape index (κ1) is 8.25. The fourth-order valence-corrected chi connectivity index (χ4v) is 3.14. The molecule has 0 heterocycles. The van der Waals surface area contributed by atoms with Crippen molar-refractivity contribution >= 4 is 0 Å². The average Bonchev–Trinajstić information content (AvgIpc) is 2.74. The predicted octanol–water partition coefficient (Wildman–Crippen LogP) is 1.15. The van der Waals surface area contributed by atoms with Crippen LogP contribution in [0, 0.1) is 17.8 Å². The quantitative estimate of drug-likeness (QED) is 0.684. The summed E-state index contributed by atoms with van der Waals surface area (Å²) in [5.41, 5.74) is 0. The summed E-state index contributed by atoms with van der Waals surface area (Å²) >= 11 is 0. The summed E-state index contributed by atoms with van der Waals surface area (Å²) in [6.45, 7) is 1.16. The Morgan fingerprint density at radius 3 is 2.54 bits per heavy atom. The first-order valence-corrected chi connectivity index (χ1v) is 5.74. The predicted molar refractivity (Wildman–Crippen MR) is 51.4 cm³/mol. The molecule has 3 fully saturated rings. The smallest absolute Gasteiger partial charge is 0.0546 e. The monoisotopic (exact) mass is 181 g/mol. The van der Waals surface area contributed by atoms with Gasteiger partial charge in [-0.2, -0.15) is 0 Å². The summed E-state index contributed by atoms with van der Waals surface area (Å²) < 4.78 is 0. The van der Waals surface area contributed by atoms with E-state index in [9.17, 15) is 0 Å². The molecule has 2 N–H and O–H groups in total. The molecule has 2 heteroatoms. The summed E-state index contributed by atoms with van der Waals surface area (Å²) in [6.07, 6.45) is 6.45. The second kappa shape index (κ2) is 2.96. The molecular weight excluding hydrogens is 162 g/mol. The zero-order valence-corrected chi connectivity index (χ0v) is 8.08. The molecule has 0 aromatic carbocycles. The van der Waals surface area contributed by atoms with E-state index in [-0.39, 0.29) is 6.10 Å². The number of hydrogen-bond acceptors (Lipinski definition) is 2. The van der Waals surface area contributed by atoms with Crippen molar-refractivity contribution in [2.24, 2.45) is 17.8 Å². The van der Waals surface area contributed by atoms with Crippen LogP contribution in [0.25, 0.3) is 0 Å². The van der Waals surface area contributed by atoms with E-state index in [1.807, 2.05) is 0 Å². The largest absolute Gasteiger partial charge is 0.393 e. The topological polar surface area (TPSA) is 32.3 Å². The van der Waals surface area contributed by atoms with E-state index in [0.717, 1.165) is 43.2 Å². The molecule has 3 unspecified atom stereocenters. The van der Waals surface area contributed by atoms with Crippen molar-refractivity contribution in [2.45, 2.75) is 44.2 Å². The molecule has 3 atom stereocenters. The Bertz CT molecular complexity index is 200. The number of fused-ring (bicyclic) bond motifs is 1. The number of aliphatic hydroxyl groups excluding tert-OH is 1. The molecule has 0 saturated heterocycles. The molecule has 0 aliphatic heterocycles. The lowest BCUT2D eigenvalue weighted by molar-refractivity contribution is 0.0416. The molecule has 0 radical (unpaired) electrons. The van der Waals surface area contributed by atoms with Gasteiger partial charge in [0.1, 0.15) is 0 Å². The van der Waals surface area contributed by atoms with Crippen LogP contribution in [0.2, 0.25) is 0 Å². The Hall–Kier alpha value is -0.0800. The van der Waals surface area contributed by atoms with E-state index < -0.39 is 0 Å². The zero-order chi connectivity index (χ0) is 8.84. The van der Waals surface area contributed by atoms with Crippen molar-refractivity contribution in [1.29, 1.82) is 0 Å². The van der Waals surface area contributed by atoms with Crippen molar-refractivity contribution in [3.05, 3.63) is 0 Å². The summed E-state index contributed by atoms with van der Waals surface area (Å²) in [4.78, 5) is 0. The normalized spacial score (nSPS) is 52.8. The summed E-state index contributed by atoms with van der Waals surface area (Å²) in [5, 5.41) is 12.8. The van der Waals surface area contributed by atoms with Gasteiger partial charge in [-0.15, -0.1) is 0 Å². The minimum absolute atomic E-state index is 0.0176. The molecule has 2 nitrogen and oxygen atoms in total. The van der Waals surface area contributed by atoms with E-state index in [1.54, 1.807) is 0 Å². The van der Waals surface area contributed by atoms with Crippen LogP contribution in [0.1, 0.15) is 32.1 Å². The highest BCUT2D eigenvalue weighted by atomic mass is 16.3. The van der Waals surface area contributed by atoms with Crippen LogP contribution >= 0.6 is 0 Å². The van der Waals surface area contributed by atoms with Gasteiger partial charge in [0.2, 0.25) is 0 Å². The van der Waals surface area contributed by atoms with Crippen LogP contribution in [-0.4, -0.2) is 23.8 Å². The van der Waals surface area contributed by atoms with Gasteiger partial charge in [0, 0.05) is 6.04 Å². The SMILES string of the molecule is OC1CC(CNC2CCC3CC32)C1. The van der Waals surface area contributed by atoms with Crippen LogP contribution in [0.5, 0.6) is 0 Å². The Labute approximate surface area is 79.7 Å². The third-order valence-corrected chi connectivity index (χ3v) is 4.22. The van der Waals surface area contributed by atoms with E-state index in [4.69, 9.17) is 5.11 Å². The van der Waals surface area contributed by atoms with Crippen molar-refractivity contribution in [1.82, 2.24) is 5.32 Å². The standard InChI is InChI=1S/C11H19NO/c13-9-3-7(4-9)6-12-11-2-1-8-5-10(8)11/h7-13H,1-6H2. The number of aliphatic hydroxyl groups is 1. The molecule has 3 rings (SSSR count). The highest BCUT2D eigenvalue weighted by Crippen LogP contribution is 2.51. The van der Waals surface area contributed by atoms with Gasteiger partial charge >= 0.3 is 0 Å². The maximum absolute atomic E-state index is 9.14. The fourth-order valence-electron chi connectivity index (χ4n) is 3.14. The van der Waals surface area contributed by atoms with Crippen molar-refractivity contribution in [2.75, 3.05) is 6.54 Å². The Balaban J connectivity index is 1.39. The van der Waals surface area contributed by atoms with Crippen LogP contribution in [0.15, 0.2) is 0 Å². The van der Waals surface area contributed by atoms with Gasteiger partial charge < -0.3 is 10.4 Å². The molecule has 3 saturated carbocycles. The number of rotatable bonds is 3. The zero-order valence-electron chi connectivity index (χ0n) is 8.08. The highest BCUT2D eigenvalue weighted by molar-refractivity contribution is 5.01. The molecule has 0 amide bonds. The third kappa shape index (κ3) is 1.50. The number of nitrogens with one attached hydrogen (secondary N) is 1. The molecule has 0 spiro atoms. The van der Waals surface area contributed by atoms with E-state index in [1.165, 1.54) is 19.3 Å². The molecule has 0 aromatic rings. The Kier molecular flexibility index (Phi) is 1.88. The van der Waals surface area contributed by atoms with Crippen LogP contribution in [0.3, 0.4) is 0 Å². The van der Waals surface area contributed by atoms with Gasteiger partial charge in [-0.25, -0.2) is 0 Å². The molecule has 3 aliphatic rings. The van der Waals surface area contributed by atoms with Gasteiger partial charge in [0.15, 0.2) is 0 Å².